The van der Waals surface area contributed by atoms with E-state index in [0.29, 0.717) is 17.3 Å². The summed E-state index contributed by atoms with van der Waals surface area (Å²) < 4.78 is 6.54. The Bertz CT molecular complexity index is 1120. The second-order valence-electron chi connectivity index (χ2n) is 6.71. The number of methoxy groups -OCH3 is 1. The third-order valence-electron chi connectivity index (χ3n) is 4.88. The van der Waals surface area contributed by atoms with Crippen molar-refractivity contribution in [2.75, 3.05) is 23.9 Å². The predicted molar refractivity (Wildman–Crippen MR) is 108 cm³/mol. The molecule has 0 spiro atoms. The number of ether oxygens (including phenoxy) is 1. The molecule has 0 aliphatic carbocycles. The molecule has 9 nitrogen and oxygen atoms in total. The third-order valence-corrected chi connectivity index (χ3v) is 4.88. The van der Waals surface area contributed by atoms with Gasteiger partial charge in [-0.05, 0) is 36.4 Å². The van der Waals surface area contributed by atoms with Gasteiger partial charge in [-0.25, -0.2) is 4.98 Å². The van der Waals surface area contributed by atoms with Crippen molar-refractivity contribution in [1.82, 2.24) is 14.8 Å². The highest BCUT2D eigenvalue weighted by molar-refractivity contribution is 6.03. The van der Waals surface area contributed by atoms with E-state index in [9.17, 15) is 14.9 Å². The minimum atomic E-state index is -0.557. The van der Waals surface area contributed by atoms with Gasteiger partial charge in [0.05, 0.1) is 19.2 Å². The van der Waals surface area contributed by atoms with Crippen molar-refractivity contribution in [2.24, 2.45) is 5.92 Å². The van der Waals surface area contributed by atoms with Crippen LogP contribution in [0, 0.1) is 17.2 Å². The summed E-state index contributed by atoms with van der Waals surface area (Å²) in [6.45, 7) is 0.247. The molecule has 1 aliphatic heterocycles. The topological polar surface area (TPSA) is 113 Å². The van der Waals surface area contributed by atoms with E-state index < -0.39 is 5.92 Å². The van der Waals surface area contributed by atoms with Gasteiger partial charge in [0.15, 0.2) is 11.6 Å². The maximum absolute atomic E-state index is 12.9. The average Bonchev–Trinajstić information content (AvgIpc) is 3.37. The van der Waals surface area contributed by atoms with Crippen LogP contribution >= 0.6 is 0 Å². The number of nitrogens with zero attached hydrogens (tertiary/aromatic N) is 5. The summed E-state index contributed by atoms with van der Waals surface area (Å²) in [5.74, 6) is 0.338. The van der Waals surface area contributed by atoms with E-state index in [4.69, 9.17) is 4.74 Å². The molecule has 1 atom stereocenters. The molecule has 1 N–H and O–H groups in total. The summed E-state index contributed by atoms with van der Waals surface area (Å²) in [7, 11) is 1.57. The van der Waals surface area contributed by atoms with Crippen LogP contribution in [0.4, 0.5) is 11.5 Å². The molecule has 0 bridgehead atoms. The van der Waals surface area contributed by atoms with Crippen LogP contribution in [0.3, 0.4) is 0 Å². The SMILES string of the molecule is COc1ccc(N2CC(C(=O)Nc3c(C#N)cnn3-c3ccccn3)CC2=O)cc1. The highest BCUT2D eigenvalue weighted by atomic mass is 16.5. The predicted octanol–water partition coefficient (Wildman–Crippen LogP) is 2.14. The molecule has 2 aromatic heterocycles. The summed E-state index contributed by atoms with van der Waals surface area (Å²) in [4.78, 5) is 31.2. The molecule has 3 aromatic rings. The number of carbonyl (C=O) groups excluding carboxylic acids is 2. The summed E-state index contributed by atoms with van der Waals surface area (Å²) in [6.07, 6.45) is 3.04. The van der Waals surface area contributed by atoms with Crippen molar-refractivity contribution in [2.45, 2.75) is 6.42 Å². The maximum atomic E-state index is 12.9. The first-order valence-corrected chi connectivity index (χ1v) is 9.25. The van der Waals surface area contributed by atoms with Crippen LogP contribution in [0.25, 0.3) is 5.82 Å². The van der Waals surface area contributed by atoms with Crippen molar-refractivity contribution in [3.8, 4) is 17.6 Å². The van der Waals surface area contributed by atoms with E-state index in [0.717, 1.165) is 0 Å². The molecule has 4 rings (SSSR count). The van der Waals surface area contributed by atoms with Crippen LogP contribution in [-0.2, 0) is 9.59 Å². The van der Waals surface area contributed by atoms with E-state index in [2.05, 4.69) is 15.4 Å². The first kappa shape index (κ1) is 19.1. The Kier molecular flexibility index (Phi) is 5.13. The summed E-state index contributed by atoms with van der Waals surface area (Å²) >= 11 is 0. The zero-order valence-corrected chi connectivity index (χ0v) is 16.1. The monoisotopic (exact) mass is 402 g/mol. The van der Waals surface area contributed by atoms with Crippen molar-refractivity contribution >= 4 is 23.3 Å². The number of pyridine rings is 1. The van der Waals surface area contributed by atoms with Crippen molar-refractivity contribution in [1.29, 1.82) is 5.26 Å². The van der Waals surface area contributed by atoms with Gasteiger partial charge in [-0.2, -0.15) is 15.0 Å². The number of nitrogens with one attached hydrogen (secondary N) is 1. The lowest BCUT2D eigenvalue weighted by Crippen LogP contribution is -2.28. The molecule has 9 heteroatoms. The fourth-order valence-corrected chi connectivity index (χ4v) is 3.32. The van der Waals surface area contributed by atoms with Crippen LogP contribution in [-0.4, -0.2) is 40.2 Å². The fraction of sp³-hybridized carbons (Fsp3) is 0.190. The van der Waals surface area contributed by atoms with E-state index in [1.165, 1.54) is 10.9 Å². The number of hydrogen-bond donors (Lipinski definition) is 1. The Hall–Kier alpha value is -4.19. The molecule has 0 radical (unpaired) electrons. The number of carbonyl (C=O) groups is 2. The molecular formula is C21H18N6O3. The lowest BCUT2D eigenvalue weighted by atomic mass is 10.1. The summed E-state index contributed by atoms with van der Waals surface area (Å²) in [5, 5.41) is 16.3. The van der Waals surface area contributed by atoms with Gasteiger partial charge < -0.3 is 15.0 Å². The molecule has 1 fully saturated rings. The molecule has 0 saturated carbocycles. The van der Waals surface area contributed by atoms with Gasteiger partial charge in [0, 0.05) is 24.8 Å². The summed E-state index contributed by atoms with van der Waals surface area (Å²) in [5.41, 5.74) is 0.915. The first-order chi connectivity index (χ1) is 14.6. The van der Waals surface area contributed by atoms with Gasteiger partial charge in [0.25, 0.3) is 0 Å². The first-order valence-electron chi connectivity index (χ1n) is 9.25. The van der Waals surface area contributed by atoms with E-state index in [-0.39, 0.29) is 36.2 Å². The van der Waals surface area contributed by atoms with Crippen LogP contribution in [0.15, 0.2) is 54.9 Å². The Morgan fingerprint density at radius 1 is 1.27 bits per heavy atom. The number of hydrogen-bond acceptors (Lipinski definition) is 6. The van der Waals surface area contributed by atoms with Crippen LogP contribution in [0.1, 0.15) is 12.0 Å². The number of aromatic nitrogens is 3. The van der Waals surface area contributed by atoms with Crippen molar-refractivity contribution in [3.63, 3.8) is 0 Å². The van der Waals surface area contributed by atoms with E-state index in [1.54, 1.807) is 60.7 Å². The number of benzene rings is 1. The molecule has 1 saturated heterocycles. The minimum Gasteiger partial charge on any atom is -0.497 e. The Morgan fingerprint density at radius 3 is 2.73 bits per heavy atom. The van der Waals surface area contributed by atoms with Gasteiger partial charge in [-0.3, -0.25) is 9.59 Å². The fourth-order valence-electron chi connectivity index (χ4n) is 3.32. The molecule has 150 valence electrons. The average molecular weight is 402 g/mol. The Morgan fingerprint density at radius 2 is 2.07 bits per heavy atom. The smallest absolute Gasteiger partial charge is 0.231 e. The normalized spacial score (nSPS) is 15.7. The van der Waals surface area contributed by atoms with Crippen molar-refractivity contribution < 1.29 is 14.3 Å². The molecular weight excluding hydrogens is 384 g/mol. The highest BCUT2D eigenvalue weighted by Crippen LogP contribution is 2.28. The second-order valence-corrected chi connectivity index (χ2v) is 6.71. The van der Waals surface area contributed by atoms with Gasteiger partial charge >= 0.3 is 0 Å². The molecule has 30 heavy (non-hydrogen) atoms. The number of nitriles is 1. The summed E-state index contributed by atoms with van der Waals surface area (Å²) in [6, 6.07) is 14.4. The molecule has 3 heterocycles. The number of rotatable bonds is 5. The van der Waals surface area contributed by atoms with E-state index >= 15 is 0 Å². The molecule has 1 aromatic carbocycles. The number of anilines is 2. The largest absolute Gasteiger partial charge is 0.497 e. The maximum Gasteiger partial charge on any atom is 0.231 e. The zero-order valence-electron chi connectivity index (χ0n) is 16.1. The standard InChI is InChI=1S/C21H18N6O3/c1-30-17-7-5-16(6-8-17)26-13-14(10-19(26)28)21(29)25-20-15(11-22)12-24-27(20)18-4-2-3-9-23-18/h2-9,12,14H,10,13H2,1H3,(H,25,29). The highest BCUT2D eigenvalue weighted by Gasteiger charge is 2.36. The van der Waals surface area contributed by atoms with Crippen LogP contribution in [0.5, 0.6) is 5.75 Å². The lowest BCUT2D eigenvalue weighted by molar-refractivity contribution is -0.122. The second kappa shape index (κ2) is 8.05. The third kappa shape index (κ3) is 3.58. The van der Waals surface area contributed by atoms with Crippen molar-refractivity contribution in [3.05, 3.63) is 60.4 Å². The Labute approximate surface area is 172 Å². The molecule has 1 unspecified atom stereocenters. The van der Waals surface area contributed by atoms with E-state index in [1.807, 2.05) is 6.07 Å². The van der Waals surface area contributed by atoms with Gasteiger partial charge in [-0.15, -0.1) is 0 Å². The molecule has 1 aliphatic rings. The van der Waals surface area contributed by atoms with Crippen LogP contribution in [0.2, 0.25) is 0 Å². The quantitative estimate of drug-likeness (QED) is 0.700. The zero-order chi connectivity index (χ0) is 21.1. The van der Waals surface area contributed by atoms with Gasteiger partial charge in [0.1, 0.15) is 17.4 Å². The van der Waals surface area contributed by atoms with Crippen LogP contribution < -0.4 is 15.0 Å². The lowest BCUT2D eigenvalue weighted by Gasteiger charge is -2.17. The molecule has 2 amide bonds. The minimum absolute atomic E-state index is 0.0808. The van der Waals surface area contributed by atoms with Gasteiger partial charge in [-0.1, -0.05) is 6.07 Å². The Balaban J connectivity index is 1.53. The van der Waals surface area contributed by atoms with Gasteiger partial charge in [0.2, 0.25) is 11.8 Å². The number of amides is 2.